The number of hydrogen-bond acceptors (Lipinski definition) is 9. The number of aryl methyl sites for hydroxylation is 1. The van der Waals surface area contributed by atoms with Crippen LogP contribution in [0.4, 0.5) is 11.8 Å². The van der Waals surface area contributed by atoms with E-state index in [2.05, 4.69) is 24.9 Å². The van der Waals surface area contributed by atoms with Crippen LogP contribution in [0.25, 0.3) is 0 Å². The first-order valence-electron chi connectivity index (χ1n) is 10.1. The van der Waals surface area contributed by atoms with Crippen molar-refractivity contribution in [3.63, 3.8) is 0 Å². The van der Waals surface area contributed by atoms with Gasteiger partial charge in [-0.2, -0.15) is 4.98 Å². The summed E-state index contributed by atoms with van der Waals surface area (Å²) in [4.78, 5) is 35.5. The van der Waals surface area contributed by atoms with E-state index in [1.54, 1.807) is 0 Å². The van der Waals surface area contributed by atoms with Crippen LogP contribution in [0, 0.1) is 6.92 Å². The first-order chi connectivity index (χ1) is 14.3. The second kappa shape index (κ2) is 10.1. The summed E-state index contributed by atoms with van der Waals surface area (Å²) in [7, 11) is -3.61. The second-order valence-corrected chi connectivity index (χ2v) is 9.15. The quantitative estimate of drug-likeness (QED) is 0.385. The Morgan fingerprint density at radius 1 is 1.10 bits per heavy atom. The molecule has 0 atom stereocenters. The third-order valence-electron chi connectivity index (χ3n) is 4.87. The number of carbonyl (C=O) groups excluding carboxylic acids is 2. The minimum Gasteiger partial charge on any atom is -0.378 e. The van der Waals surface area contributed by atoms with Crippen molar-refractivity contribution in [1.29, 1.82) is 0 Å². The van der Waals surface area contributed by atoms with E-state index in [0.29, 0.717) is 32.1 Å². The molecule has 12 heteroatoms. The molecule has 2 N–H and O–H groups in total. The molecule has 0 unspecified atom stereocenters. The molecule has 30 heavy (non-hydrogen) atoms. The average Bonchev–Trinajstić information content (AvgIpc) is 2.71. The first-order valence-corrected chi connectivity index (χ1v) is 11.7. The highest BCUT2D eigenvalue weighted by atomic mass is 32.2. The van der Waals surface area contributed by atoms with Gasteiger partial charge in [0.2, 0.25) is 27.8 Å². The van der Waals surface area contributed by atoms with Gasteiger partial charge in [0.1, 0.15) is 5.82 Å². The molecule has 0 spiro atoms. The van der Waals surface area contributed by atoms with Crippen LogP contribution in [0.15, 0.2) is 6.07 Å². The van der Waals surface area contributed by atoms with Gasteiger partial charge in [-0.3, -0.25) is 14.5 Å². The van der Waals surface area contributed by atoms with Gasteiger partial charge < -0.3 is 15.0 Å². The summed E-state index contributed by atoms with van der Waals surface area (Å²) in [6, 6.07) is 1.91. The van der Waals surface area contributed by atoms with Crippen molar-refractivity contribution < 1.29 is 22.7 Å². The molecule has 1 aromatic rings. The molecule has 2 aliphatic heterocycles. The number of carbonyl (C=O) groups is 2. The Morgan fingerprint density at radius 3 is 2.50 bits per heavy atom. The van der Waals surface area contributed by atoms with E-state index in [-0.39, 0.29) is 43.5 Å². The van der Waals surface area contributed by atoms with Crippen molar-refractivity contribution in [3.8, 4) is 0 Å². The zero-order valence-electron chi connectivity index (χ0n) is 17.1. The maximum Gasteiger partial charge on any atom is 0.229 e. The Balaban J connectivity index is 1.45. The molecule has 2 amide bonds. The second-order valence-electron chi connectivity index (χ2n) is 7.22. The molecule has 2 saturated heterocycles. The number of hydrogen-bond donors (Lipinski definition) is 2. The van der Waals surface area contributed by atoms with E-state index in [4.69, 9.17) is 4.74 Å². The number of likely N-dealkylation sites (tertiary alicyclic amines) is 1. The van der Waals surface area contributed by atoms with Crippen LogP contribution in [0.5, 0.6) is 0 Å². The molecular weight excluding hydrogens is 412 g/mol. The van der Waals surface area contributed by atoms with Crippen LogP contribution < -0.4 is 14.9 Å². The summed E-state index contributed by atoms with van der Waals surface area (Å²) in [5.41, 5.74) is 0.811. The van der Waals surface area contributed by atoms with Gasteiger partial charge >= 0.3 is 0 Å². The van der Waals surface area contributed by atoms with E-state index in [0.717, 1.165) is 29.5 Å². The Bertz CT molecular complexity index is 856. The van der Waals surface area contributed by atoms with Crippen LogP contribution in [0.1, 0.15) is 25.0 Å². The normalized spacial score (nSPS) is 18.0. The SMILES string of the molecule is Cc1cc(N2CCOCC2)nc(NCCNS(=O)(=O)CCN2C(=O)CCCC2=O)n1. The molecule has 11 nitrogen and oxygen atoms in total. The maximum absolute atomic E-state index is 12.2. The number of nitrogens with one attached hydrogen (secondary N) is 2. The molecule has 0 radical (unpaired) electrons. The lowest BCUT2D eigenvalue weighted by molar-refractivity contribution is -0.147. The molecule has 3 heterocycles. The van der Waals surface area contributed by atoms with Crippen molar-refractivity contribution in [3.05, 3.63) is 11.8 Å². The minimum atomic E-state index is -3.61. The Hall–Kier alpha value is -2.31. The lowest BCUT2D eigenvalue weighted by atomic mass is 10.1. The van der Waals surface area contributed by atoms with Crippen LogP contribution in [-0.4, -0.2) is 86.8 Å². The average molecular weight is 441 g/mol. The van der Waals surface area contributed by atoms with Gasteiger partial charge in [-0.1, -0.05) is 0 Å². The summed E-state index contributed by atoms with van der Waals surface area (Å²) in [6.45, 7) is 5.02. The molecule has 2 fully saturated rings. The minimum absolute atomic E-state index is 0.121. The van der Waals surface area contributed by atoms with Crippen molar-refractivity contribution >= 4 is 33.6 Å². The van der Waals surface area contributed by atoms with Crippen molar-refractivity contribution in [1.82, 2.24) is 19.6 Å². The van der Waals surface area contributed by atoms with E-state index < -0.39 is 10.0 Å². The van der Waals surface area contributed by atoms with Crippen LogP contribution in [0.3, 0.4) is 0 Å². The molecule has 166 valence electrons. The predicted octanol–water partition coefficient (Wildman–Crippen LogP) is -0.508. The number of aromatic nitrogens is 2. The number of imide groups is 1. The summed E-state index contributed by atoms with van der Waals surface area (Å²) in [6.07, 6.45) is 1.09. The predicted molar refractivity (Wildman–Crippen MR) is 111 cm³/mol. The van der Waals surface area contributed by atoms with Crippen LogP contribution in [0.2, 0.25) is 0 Å². The van der Waals surface area contributed by atoms with Crippen molar-refractivity contribution in [2.75, 3.05) is 61.9 Å². The van der Waals surface area contributed by atoms with E-state index in [1.807, 2.05) is 13.0 Å². The van der Waals surface area contributed by atoms with Gasteiger partial charge in [0, 0.05) is 57.3 Å². The lowest BCUT2D eigenvalue weighted by Crippen LogP contribution is -2.44. The third kappa shape index (κ3) is 6.34. The molecule has 0 aliphatic carbocycles. The first kappa shape index (κ1) is 22.4. The van der Waals surface area contributed by atoms with Gasteiger partial charge in [0.25, 0.3) is 0 Å². The Kier molecular flexibility index (Phi) is 7.56. The number of sulfonamides is 1. The number of rotatable bonds is 9. The summed E-state index contributed by atoms with van der Waals surface area (Å²) in [5, 5.41) is 3.03. The largest absolute Gasteiger partial charge is 0.378 e. The molecule has 0 bridgehead atoms. The van der Waals surface area contributed by atoms with Crippen molar-refractivity contribution in [2.45, 2.75) is 26.2 Å². The van der Waals surface area contributed by atoms with Gasteiger partial charge in [-0.05, 0) is 13.3 Å². The highest BCUT2D eigenvalue weighted by molar-refractivity contribution is 7.89. The fraction of sp³-hybridized carbons (Fsp3) is 0.667. The van der Waals surface area contributed by atoms with E-state index in [1.165, 1.54) is 0 Å². The van der Waals surface area contributed by atoms with Gasteiger partial charge in [-0.25, -0.2) is 18.1 Å². The van der Waals surface area contributed by atoms with Crippen molar-refractivity contribution in [2.24, 2.45) is 0 Å². The van der Waals surface area contributed by atoms with Gasteiger partial charge in [-0.15, -0.1) is 0 Å². The van der Waals surface area contributed by atoms with Crippen LogP contribution >= 0.6 is 0 Å². The third-order valence-corrected chi connectivity index (χ3v) is 6.24. The molecule has 0 aromatic carbocycles. The fourth-order valence-corrected chi connectivity index (χ4v) is 4.28. The lowest BCUT2D eigenvalue weighted by Gasteiger charge is -2.28. The zero-order chi connectivity index (χ0) is 21.6. The number of nitrogens with zero attached hydrogens (tertiary/aromatic N) is 4. The van der Waals surface area contributed by atoms with Gasteiger partial charge in [0.05, 0.1) is 19.0 Å². The number of morpholine rings is 1. The van der Waals surface area contributed by atoms with Crippen LogP contribution in [-0.2, 0) is 24.3 Å². The zero-order valence-corrected chi connectivity index (χ0v) is 17.9. The van der Waals surface area contributed by atoms with E-state index >= 15 is 0 Å². The molecule has 2 aliphatic rings. The summed E-state index contributed by atoms with van der Waals surface area (Å²) < 4.78 is 32.2. The summed E-state index contributed by atoms with van der Waals surface area (Å²) in [5.74, 6) is 0.309. The summed E-state index contributed by atoms with van der Waals surface area (Å²) >= 11 is 0. The smallest absolute Gasteiger partial charge is 0.229 e. The highest BCUT2D eigenvalue weighted by Gasteiger charge is 2.27. The standard InChI is InChI=1S/C18H28N6O5S/c1-14-13-15(23-7-10-29-11-8-23)22-18(21-14)19-5-6-20-30(27,28)12-9-24-16(25)3-2-4-17(24)26/h13,20H,2-12H2,1H3,(H,19,21,22). The number of piperidine rings is 1. The Labute approximate surface area is 176 Å². The van der Waals surface area contributed by atoms with Gasteiger partial charge in [0.15, 0.2) is 0 Å². The highest BCUT2D eigenvalue weighted by Crippen LogP contribution is 2.16. The topological polar surface area (TPSA) is 134 Å². The maximum atomic E-state index is 12.2. The Morgan fingerprint density at radius 2 is 1.80 bits per heavy atom. The monoisotopic (exact) mass is 440 g/mol. The van der Waals surface area contributed by atoms with E-state index in [9.17, 15) is 18.0 Å². The number of ether oxygens (including phenoxy) is 1. The fourth-order valence-electron chi connectivity index (χ4n) is 3.30. The molecule has 0 saturated carbocycles. The number of anilines is 2. The number of amides is 2. The molecule has 1 aromatic heterocycles. The molecular formula is C18H28N6O5S. The molecule has 3 rings (SSSR count).